The Morgan fingerprint density at radius 1 is 1.38 bits per heavy atom. The van der Waals surface area contributed by atoms with E-state index < -0.39 is 0 Å². The van der Waals surface area contributed by atoms with Crippen LogP contribution in [0.2, 0.25) is 0 Å². The van der Waals surface area contributed by atoms with Crippen LogP contribution in [0, 0.1) is 5.92 Å². The lowest BCUT2D eigenvalue weighted by molar-refractivity contribution is 0.0172. The van der Waals surface area contributed by atoms with Crippen LogP contribution in [0.4, 0.5) is 0 Å². The van der Waals surface area contributed by atoms with Gasteiger partial charge in [-0.15, -0.1) is 0 Å². The van der Waals surface area contributed by atoms with Crippen molar-refractivity contribution in [3.63, 3.8) is 0 Å². The summed E-state index contributed by atoms with van der Waals surface area (Å²) in [6.45, 7) is 5.26. The number of likely N-dealkylation sites (N-methyl/N-ethyl adjacent to an activating group) is 1. The van der Waals surface area contributed by atoms with Crippen LogP contribution in [-0.4, -0.2) is 57.0 Å². The fourth-order valence-electron chi connectivity index (χ4n) is 2.75. The fraction of sp³-hybridized carbons (Fsp3) is 1.00. The second kappa shape index (κ2) is 5.45. The van der Waals surface area contributed by atoms with E-state index in [9.17, 15) is 0 Å². The molecular weight excluding hydrogens is 204 g/mol. The molecule has 2 aliphatic rings. The Balaban J connectivity index is 1.87. The molecule has 4 heteroatoms. The molecule has 0 amide bonds. The largest absolute Gasteiger partial charge is 0.381 e. The molecular formula is C12H24N2O2. The van der Waals surface area contributed by atoms with Crippen molar-refractivity contribution in [3.8, 4) is 0 Å². The fourth-order valence-corrected chi connectivity index (χ4v) is 2.75. The zero-order valence-electron chi connectivity index (χ0n) is 10.3. The average molecular weight is 228 g/mol. The molecule has 2 rings (SSSR count). The molecule has 2 unspecified atom stereocenters. The minimum atomic E-state index is 0.0808. The summed E-state index contributed by atoms with van der Waals surface area (Å²) < 4.78 is 11.0. The summed E-state index contributed by atoms with van der Waals surface area (Å²) in [7, 11) is 2.18. The van der Waals surface area contributed by atoms with E-state index >= 15 is 0 Å². The highest BCUT2D eigenvalue weighted by Crippen LogP contribution is 2.26. The zero-order valence-corrected chi connectivity index (χ0v) is 10.3. The predicted octanol–water partition coefficient (Wildman–Crippen LogP) is 0.463. The molecule has 0 aromatic heterocycles. The highest BCUT2D eigenvalue weighted by Gasteiger charge is 2.38. The molecule has 0 aromatic rings. The third kappa shape index (κ3) is 2.56. The van der Waals surface area contributed by atoms with Crippen molar-refractivity contribution in [1.29, 1.82) is 0 Å². The maximum Gasteiger partial charge on any atom is 0.0663 e. The summed E-state index contributed by atoms with van der Waals surface area (Å²) in [5.74, 6) is 0.669. The maximum atomic E-state index is 5.92. The standard InChI is InChI=1S/C12H24N2O2/c1-14(7-11-3-2-5-15-8-11)12(9-13)4-6-16-10-12/h11H,2-10,13H2,1H3. The van der Waals surface area contributed by atoms with Crippen molar-refractivity contribution < 1.29 is 9.47 Å². The normalized spacial score (nSPS) is 35.8. The van der Waals surface area contributed by atoms with Gasteiger partial charge in [-0.2, -0.15) is 0 Å². The molecule has 2 fully saturated rings. The lowest BCUT2D eigenvalue weighted by atomic mass is 9.94. The molecule has 16 heavy (non-hydrogen) atoms. The molecule has 2 saturated heterocycles. The van der Waals surface area contributed by atoms with Crippen molar-refractivity contribution in [2.75, 3.05) is 46.6 Å². The number of nitrogens with zero attached hydrogens (tertiary/aromatic N) is 1. The van der Waals surface area contributed by atoms with Gasteiger partial charge >= 0.3 is 0 Å². The topological polar surface area (TPSA) is 47.7 Å². The summed E-state index contributed by atoms with van der Waals surface area (Å²) in [5.41, 5.74) is 6.00. The first-order valence-corrected chi connectivity index (χ1v) is 6.34. The van der Waals surface area contributed by atoms with E-state index in [1.807, 2.05) is 0 Å². The quantitative estimate of drug-likeness (QED) is 0.759. The molecule has 2 heterocycles. The van der Waals surface area contributed by atoms with E-state index in [-0.39, 0.29) is 5.54 Å². The van der Waals surface area contributed by atoms with Gasteiger partial charge in [-0.3, -0.25) is 4.90 Å². The lowest BCUT2D eigenvalue weighted by Crippen LogP contribution is -2.54. The first kappa shape index (κ1) is 12.3. The highest BCUT2D eigenvalue weighted by molar-refractivity contribution is 4.94. The Kier molecular flexibility index (Phi) is 4.19. The number of ether oxygens (including phenoxy) is 2. The van der Waals surface area contributed by atoms with Gasteiger partial charge in [-0.25, -0.2) is 0 Å². The molecule has 0 spiro atoms. The highest BCUT2D eigenvalue weighted by atomic mass is 16.5. The van der Waals surface area contributed by atoms with Gasteiger partial charge in [-0.05, 0) is 32.2 Å². The van der Waals surface area contributed by atoms with Crippen LogP contribution < -0.4 is 5.73 Å². The summed E-state index contributed by atoms with van der Waals surface area (Å²) in [6, 6.07) is 0. The predicted molar refractivity (Wildman–Crippen MR) is 63.4 cm³/mol. The molecule has 2 aliphatic heterocycles. The van der Waals surface area contributed by atoms with Crippen molar-refractivity contribution in [2.24, 2.45) is 11.7 Å². The molecule has 2 N–H and O–H groups in total. The molecule has 0 saturated carbocycles. The molecule has 4 nitrogen and oxygen atoms in total. The second-order valence-corrected chi connectivity index (χ2v) is 5.19. The van der Waals surface area contributed by atoms with Crippen LogP contribution >= 0.6 is 0 Å². The van der Waals surface area contributed by atoms with Crippen LogP contribution in [0.5, 0.6) is 0 Å². The minimum absolute atomic E-state index is 0.0808. The van der Waals surface area contributed by atoms with E-state index in [4.69, 9.17) is 15.2 Å². The number of hydrogen-bond donors (Lipinski definition) is 1. The smallest absolute Gasteiger partial charge is 0.0663 e. The van der Waals surface area contributed by atoms with Crippen LogP contribution in [-0.2, 0) is 9.47 Å². The van der Waals surface area contributed by atoms with E-state index in [1.165, 1.54) is 12.8 Å². The first-order valence-electron chi connectivity index (χ1n) is 6.34. The van der Waals surface area contributed by atoms with E-state index in [0.717, 1.165) is 39.4 Å². The molecule has 0 aromatic carbocycles. The Bertz CT molecular complexity index is 211. The van der Waals surface area contributed by atoms with Gasteiger partial charge in [0, 0.05) is 26.3 Å². The summed E-state index contributed by atoms with van der Waals surface area (Å²) in [5, 5.41) is 0. The molecule has 0 radical (unpaired) electrons. The van der Waals surface area contributed by atoms with Gasteiger partial charge < -0.3 is 15.2 Å². The van der Waals surface area contributed by atoms with Gasteiger partial charge in [0.25, 0.3) is 0 Å². The van der Waals surface area contributed by atoms with Gasteiger partial charge in [0.1, 0.15) is 0 Å². The van der Waals surface area contributed by atoms with Crippen LogP contribution in [0.3, 0.4) is 0 Å². The van der Waals surface area contributed by atoms with Gasteiger partial charge in [-0.1, -0.05) is 0 Å². The Hall–Kier alpha value is -0.160. The van der Waals surface area contributed by atoms with Gasteiger partial charge in [0.2, 0.25) is 0 Å². The van der Waals surface area contributed by atoms with E-state index in [2.05, 4.69) is 11.9 Å². The van der Waals surface area contributed by atoms with Crippen molar-refractivity contribution in [1.82, 2.24) is 4.90 Å². The van der Waals surface area contributed by atoms with Crippen molar-refractivity contribution >= 4 is 0 Å². The lowest BCUT2D eigenvalue weighted by Gasteiger charge is -2.39. The van der Waals surface area contributed by atoms with Crippen LogP contribution in [0.15, 0.2) is 0 Å². The number of nitrogens with two attached hydrogens (primary N) is 1. The molecule has 2 atom stereocenters. The Morgan fingerprint density at radius 2 is 2.25 bits per heavy atom. The summed E-state index contributed by atoms with van der Waals surface area (Å²) >= 11 is 0. The third-order valence-corrected chi connectivity index (χ3v) is 4.06. The SMILES string of the molecule is CN(CC1CCCOC1)C1(CN)CCOC1. The van der Waals surface area contributed by atoms with Gasteiger partial charge in [0.15, 0.2) is 0 Å². The monoisotopic (exact) mass is 228 g/mol. The van der Waals surface area contributed by atoms with Crippen molar-refractivity contribution in [2.45, 2.75) is 24.8 Å². The summed E-state index contributed by atoms with van der Waals surface area (Å²) in [6.07, 6.45) is 3.55. The van der Waals surface area contributed by atoms with Crippen LogP contribution in [0.25, 0.3) is 0 Å². The minimum Gasteiger partial charge on any atom is -0.381 e. The van der Waals surface area contributed by atoms with E-state index in [1.54, 1.807) is 0 Å². The molecule has 0 aliphatic carbocycles. The molecule has 0 bridgehead atoms. The van der Waals surface area contributed by atoms with Crippen LogP contribution in [0.1, 0.15) is 19.3 Å². The Labute approximate surface area is 98.1 Å². The third-order valence-electron chi connectivity index (χ3n) is 4.06. The van der Waals surface area contributed by atoms with Crippen molar-refractivity contribution in [3.05, 3.63) is 0 Å². The first-order chi connectivity index (χ1) is 7.77. The Morgan fingerprint density at radius 3 is 2.81 bits per heavy atom. The maximum absolute atomic E-state index is 5.92. The second-order valence-electron chi connectivity index (χ2n) is 5.19. The number of rotatable bonds is 4. The zero-order chi connectivity index (χ0) is 11.4. The molecule has 94 valence electrons. The summed E-state index contributed by atoms with van der Waals surface area (Å²) in [4.78, 5) is 2.40. The van der Waals surface area contributed by atoms with E-state index in [0.29, 0.717) is 12.5 Å². The average Bonchev–Trinajstić information content (AvgIpc) is 2.80. The number of hydrogen-bond acceptors (Lipinski definition) is 4. The van der Waals surface area contributed by atoms with Gasteiger partial charge in [0.05, 0.1) is 18.8 Å².